The minimum absolute atomic E-state index is 0.272. The van der Waals surface area contributed by atoms with Crippen molar-refractivity contribution in [3.8, 4) is 0 Å². The second-order valence-corrected chi connectivity index (χ2v) is 7.69. The first-order valence-corrected chi connectivity index (χ1v) is 9.82. The summed E-state index contributed by atoms with van der Waals surface area (Å²) in [6.45, 7) is 5.63. The number of likely N-dealkylation sites (N-methyl/N-ethyl adjacent to an activating group) is 1. The summed E-state index contributed by atoms with van der Waals surface area (Å²) in [5.41, 5.74) is -0.137. The average molecular weight is 375 g/mol. The third-order valence-corrected chi connectivity index (χ3v) is 5.22. The van der Waals surface area contributed by atoms with Gasteiger partial charge in [0.05, 0.1) is 12.6 Å². The van der Waals surface area contributed by atoms with Crippen molar-refractivity contribution in [2.75, 3.05) is 33.7 Å². The molecule has 0 bridgehead atoms. The van der Waals surface area contributed by atoms with E-state index in [0.29, 0.717) is 5.96 Å². The summed E-state index contributed by atoms with van der Waals surface area (Å²) in [5, 5.41) is 19.5. The normalized spacial score (nSPS) is 15.5. The molecule has 0 radical (unpaired) electrons. The fourth-order valence-corrected chi connectivity index (χ4v) is 3.60. The molecule has 2 atom stereocenters. The zero-order valence-electron chi connectivity index (χ0n) is 16.1. The van der Waals surface area contributed by atoms with E-state index < -0.39 is 5.60 Å². The number of aliphatic imine (C=N–C) groups is 1. The van der Waals surface area contributed by atoms with Crippen LogP contribution in [0.3, 0.4) is 0 Å². The number of nitrogens with one attached hydrogen (secondary N) is 2. The van der Waals surface area contributed by atoms with Gasteiger partial charge in [0.1, 0.15) is 5.60 Å². The second kappa shape index (κ2) is 9.71. The minimum Gasteiger partial charge on any atom is -0.384 e. The van der Waals surface area contributed by atoms with E-state index >= 15 is 0 Å². The molecule has 0 aliphatic carbocycles. The van der Waals surface area contributed by atoms with Crippen molar-refractivity contribution in [2.24, 2.45) is 4.99 Å². The van der Waals surface area contributed by atoms with Gasteiger partial charge in [-0.15, -0.1) is 11.3 Å². The van der Waals surface area contributed by atoms with Crippen molar-refractivity contribution >= 4 is 17.3 Å². The summed E-state index contributed by atoms with van der Waals surface area (Å²) < 4.78 is 0. The van der Waals surface area contributed by atoms with Crippen LogP contribution in [-0.2, 0) is 5.60 Å². The van der Waals surface area contributed by atoms with Crippen LogP contribution in [0.25, 0.3) is 0 Å². The highest BCUT2D eigenvalue weighted by Gasteiger charge is 2.23. The van der Waals surface area contributed by atoms with Gasteiger partial charge in [0, 0.05) is 18.0 Å². The number of rotatable bonds is 8. The Balaban J connectivity index is 2.04. The molecule has 2 unspecified atom stereocenters. The Morgan fingerprint density at radius 1 is 1.19 bits per heavy atom. The Labute approximate surface area is 160 Å². The van der Waals surface area contributed by atoms with Crippen LogP contribution in [-0.4, -0.2) is 49.7 Å². The number of benzene rings is 1. The van der Waals surface area contributed by atoms with Crippen LogP contribution in [0.15, 0.2) is 52.8 Å². The van der Waals surface area contributed by atoms with Crippen molar-refractivity contribution < 1.29 is 5.11 Å². The van der Waals surface area contributed by atoms with Crippen molar-refractivity contribution in [1.82, 2.24) is 15.5 Å². The summed E-state index contributed by atoms with van der Waals surface area (Å²) in [5.74, 6) is 0.715. The molecule has 26 heavy (non-hydrogen) atoms. The minimum atomic E-state index is -1.00. The Hall–Kier alpha value is -1.89. The summed E-state index contributed by atoms with van der Waals surface area (Å²) in [6.07, 6.45) is 0. The molecule has 0 spiro atoms. The predicted octanol–water partition coefficient (Wildman–Crippen LogP) is 2.81. The van der Waals surface area contributed by atoms with Gasteiger partial charge in [-0.2, -0.15) is 0 Å². The molecule has 0 aliphatic heterocycles. The molecule has 2 rings (SSSR count). The highest BCUT2D eigenvalue weighted by molar-refractivity contribution is 7.10. The van der Waals surface area contributed by atoms with E-state index in [2.05, 4.69) is 52.1 Å². The smallest absolute Gasteiger partial charge is 0.191 e. The first-order chi connectivity index (χ1) is 12.4. The molecule has 3 N–H and O–H groups in total. The number of thiophene rings is 1. The summed E-state index contributed by atoms with van der Waals surface area (Å²) in [4.78, 5) is 8.11. The van der Waals surface area contributed by atoms with Crippen molar-refractivity contribution in [3.05, 3.63) is 58.3 Å². The van der Waals surface area contributed by atoms with Gasteiger partial charge in [-0.3, -0.25) is 0 Å². The van der Waals surface area contributed by atoms with Gasteiger partial charge < -0.3 is 20.6 Å². The van der Waals surface area contributed by atoms with Crippen molar-refractivity contribution in [1.29, 1.82) is 0 Å². The van der Waals surface area contributed by atoms with E-state index in [1.54, 1.807) is 18.3 Å². The molecule has 1 aromatic heterocycles. The van der Waals surface area contributed by atoms with Crippen LogP contribution in [0.1, 0.15) is 30.3 Å². The third-order valence-electron chi connectivity index (χ3n) is 4.24. The van der Waals surface area contributed by atoms with Gasteiger partial charge >= 0.3 is 0 Å². The van der Waals surface area contributed by atoms with Crippen LogP contribution < -0.4 is 10.6 Å². The maximum absolute atomic E-state index is 10.7. The van der Waals surface area contributed by atoms with Crippen molar-refractivity contribution in [2.45, 2.75) is 25.5 Å². The monoisotopic (exact) mass is 374 g/mol. The van der Waals surface area contributed by atoms with Gasteiger partial charge in [-0.05, 0) is 45.0 Å². The molecule has 1 heterocycles. The molecular weight excluding hydrogens is 344 g/mol. The number of nitrogens with zero attached hydrogens (tertiary/aromatic N) is 2. The van der Waals surface area contributed by atoms with Crippen LogP contribution in [0.5, 0.6) is 0 Å². The molecule has 5 nitrogen and oxygen atoms in total. The lowest BCUT2D eigenvalue weighted by Crippen LogP contribution is -2.42. The standard InChI is InChI=1S/C20H30N4OS/c1-5-21-19(22-14-17(24(3)4)18-12-9-13-26-18)23-15-20(2,25)16-10-7-6-8-11-16/h6-13,17,25H,5,14-15H2,1-4H3,(H2,21,22,23). The van der Waals surface area contributed by atoms with Crippen LogP contribution in [0, 0.1) is 0 Å². The number of aliphatic hydroxyl groups is 1. The quantitative estimate of drug-likeness (QED) is 0.491. The Morgan fingerprint density at radius 2 is 1.92 bits per heavy atom. The average Bonchev–Trinajstić information content (AvgIpc) is 3.14. The lowest BCUT2D eigenvalue weighted by Gasteiger charge is -2.25. The zero-order valence-corrected chi connectivity index (χ0v) is 16.9. The Kier molecular flexibility index (Phi) is 7.63. The largest absolute Gasteiger partial charge is 0.384 e. The Morgan fingerprint density at radius 3 is 2.50 bits per heavy atom. The molecule has 1 aromatic carbocycles. The van der Waals surface area contributed by atoms with E-state index in [0.717, 1.165) is 18.7 Å². The van der Waals surface area contributed by atoms with Gasteiger partial charge in [-0.1, -0.05) is 36.4 Å². The fraction of sp³-hybridized carbons (Fsp3) is 0.450. The van der Waals surface area contributed by atoms with Crippen LogP contribution in [0.4, 0.5) is 0 Å². The number of hydrogen-bond acceptors (Lipinski definition) is 4. The van der Waals surface area contributed by atoms with Crippen LogP contribution in [0.2, 0.25) is 0 Å². The predicted molar refractivity (Wildman–Crippen MR) is 111 cm³/mol. The summed E-state index contributed by atoms with van der Waals surface area (Å²) >= 11 is 1.76. The van der Waals surface area contributed by atoms with Crippen LogP contribution >= 0.6 is 11.3 Å². The molecule has 6 heteroatoms. The van der Waals surface area contributed by atoms with Gasteiger partial charge in [0.25, 0.3) is 0 Å². The molecule has 142 valence electrons. The lowest BCUT2D eigenvalue weighted by molar-refractivity contribution is 0.0672. The molecule has 2 aromatic rings. The van der Waals surface area contributed by atoms with E-state index in [4.69, 9.17) is 0 Å². The maximum atomic E-state index is 10.7. The van der Waals surface area contributed by atoms with Gasteiger partial charge in [0.2, 0.25) is 0 Å². The highest BCUT2D eigenvalue weighted by atomic mass is 32.1. The molecule has 0 saturated carbocycles. The molecule has 0 fully saturated rings. The maximum Gasteiger partial charge on any atom is 0.191 e. The third kappa shape index (κ3) is 5.83. The first kappa shape index (κ1) is 20.4. The summed E-state index contributed by atoms with van der Waals surface area (Å²) in [7, 11) is 4.16. The topological polar surface area (TPSA) is 59.9 Å². The molecule has 0 amide bonds. The molecular formula is C20H30N4OS. The van der Waals surface area contributed by atoms with E-state index in [1.165, 1.54) is 4.88 Å². The van der Waals surface area contributed by atoms with E-state index in [1.807, 2.05) is 37.3 Å². The van der Waals surface area contributed by atoms with Crippen molar-refractivity contribution in [3.63, 3.8) is 0 Å². The molecule has 0 saturated heterocycles. The summed E-state index contributed by atoms with van der Waals surface area (Å²) in [6, 6.07) is 14.2. The SMILES string of the molecule is CCNC(=NCC(C)(O)c1ccccc1)NCC(c1cccs1)N(C)C. The van der Waals surface area contributed by atoms with E-state index in [9.17, 15) is 5.11 Å². The zero-order chi connectivity index (χ0) is 19.0. The van der Waals surface area contributed by atoms with Gasteiger partial charge in [0.15, 0.2) is 5.96 Å². The van der Waals surface area contributed by atoms with Gasteiger partial charge in [-0.25, -0.2) is 4.99 Å². The highest BCUT2D eigenvalue weighted by Crippen LogP contribution is 2.22. The fourth-order valence-electron chi connectivity index (χ4n) is 2.68. The lowest BCUT2D eigenvalue weighted by atomic mass is 9.96. The molecule has 0 aliphatic rings. The second-order valence-electron chi connectivity index (χ2n) is 6.71. The number of guanidine groups is 1. The Bertz CT molecular complexity index is 668. The van der Waals surface area contributed by atoms with E-state index in [-0.39, 0.29) is 12.6 Å². The first-order valence-electron chi connectivity index (χ1n) is 8.94. The number of hydrogen-bond donors (Lipinski definition) is 3.